The molecule has 0 fully saturated rings. The first-order valence-corrected chi connectivity index (χ1v) is 7.44. The molecule has 1 aliphatic heterocycles. The van der Waals surface area contributed by atoms with Gasteiger partial charge in [0.2, 0.25) is 0 Å². The van der Waals surface area contributed by atoms with Crippen LogP contribution in [0.25, 0.3) is 0 Å². The molecule has 0 amide bonds. The van der Waals surface area contributed by atoms with Crippen LogP contribution in [0.15, 0.2) is 34.8 Å². The molecule has 20 heavy (non-hydrogen) atoms. The van der Waals surface area contributed by atoms with E-state index in [-0.39, 0.29) is 5.02 Å². The highest BCUT2D eigenvalue weighted by molar-refractivity contribution is 9.10. The molecule has 0 radical (unpaired) electrons. The van der Waals surface area contributed by atoms with Gasteiger partial charge in [-0.15, -0.1) is 0 Å². The van der Waals surface area contributed by atoms with Crippen molar-refractivity contribution in [1.82, 2.24) is 0 Å². The summed E-state index contributed by atoms with van der Waals surface area (Å²) >= 11 is 9.26. The molecule has 0 unspecified atom stereocenters. The Morgan fingerprint density at radius 1 is 1.35 bits per heavy atom. The van der Waals surface area contributed by atoms with Crippen LogP contribution in [0.4, 0.5) is 10.1 Å². The van der Waals surface area contributed by atoms with Gasteiger partial charge < -0.3 is 10.1 Å². The summed E-state index contributed by atoms with van der Waals surface area (Å²) in [5, 5.41) is 3.18. The molecule has 0 aliphatic carbocycles. The highest BCUT2D eigenvalue weighted by Gasteiger charge is 2.17. The van der Waals surface area contributed by atoms with Gasteiger partial charge in [-0.05, 0) is 29.8 Å². The minimum Gasteiger partial charge on any atom is -0.493 e. The molecular formula is C15H12BrClFNO. The number of benzene rings is 2. The van der Waals surface area contributed by atoms with E-state index in [9.17, 15) is 4.39 Å². The van der Waals surface area contributed by atoms with Gasteiger partial charge >= 0.3 is 0 Å². The van der Waals surface area contributed by atoms with Crippen LogP contribution in [0.5, 0.6) is 5.75 Å². The molecule has 1 heterocycles. The molecule has 1 N–H and O–H groups in total. The van der Waals surface area contributed by atoms with Gasteiger partial charge in [-0.1, -0.05) is 33.6 Å². The summed E-state index contributed by atoms with van der Waals surface area (Å²) in [6, 6.07) is 8.96. The van der Waals surface area contributed by atoms with Gasteiger partial charge in [-0.25, -0.2) is 4.39 Å². The van der Waals surface area contributed by atoms with E-state index in [0.717, 1.165) is 22.2 Å². The van der Waals surface area contributed by atoms with Crippen LogP contribution >= 0.6 is 27.5 Å². The number of fused-ring (bicyclic) bond motifs is 1. The number of hydrogen-bond donors (Lipinski definition) is 1. The maximum Gasteiger partial charge on any atom is 0.164 e. The molecule has 0 bridgehead atoms. The second-order valence-corrected chi connectivity index (χ2v) is 5.93. The van der Waals surface area contributed by atoms with Gasteiger partial charge in [-0.2, -0.15) is 0 Å². The standard InChI is InChI=1S/C15H12BrClFNO/c16-11-6-9-4-5-20-15(9)10(7-11)8-19-13-3-1-2-12(17)14(13)18/h1-3,6-7,19H,4-5,8H2. The van der Waals surface area contributed by atoms with Crippen molar-refractivity contribution in [2.24, 2.45) is 0 Å². The van der Waals surface area contributed by atoms with Crippen molar-refractivity contribution in [3.63, 3.8) is 0 Å². The predicted molar refractivity (Wildman–Crippen MR) is 82.1 cm³/mol. The van der Waals surface area contributed by atoms with E-state index in [1.54, 1.807) is 12.1 Å². The van der Waals surface area contributed by atoms with Gasteiger partial charge in [0.25, 0.3) is 0 Å². The fourth-order valence-corrected chi connectivity index (χ4v) is 3.04. The third-order valence-corrected chi connectivity index (χ3v) is 4.00. The van der Waals surface area contributed by atoms with Gasteiger partial charge in [0.15, 0.2) is 5.82 Å². The van der Waals surface area contributed by atoms with Crippen molar-refractivity contribution in [2.75, 3.05) is 11.9 Å². The number of ether oxygens (including phenoxy) is 1. The lowest BCUT2D eigenvalue weighted by Gasteiger charge is -2.12. The normalized spacial score (nSPS) is 12.9. The number of anilines is 1. The quantitative estimate of drug-likeness (QED) is 0.854. The molecule has 0 saturated heterocycles. The minimum atomic E-state index is -0.429. The Hall–Kier alpha value is -1.26. The molecule has 2 aromatic carbocycles. The zero-order chi connectivity index (χ0) is 14.1. The number of halogens is 3. The Kier molecular flexibility index (Phi) is 3.85. The predicted octanol–water partition coefficient (Wildman–Crippen LogP) is 4.79. The van der Waals surface area contributed by atoms with Crippen molar-refractivity contribution in [3.8, 4) is 5.75 Å². The fraction of sp³-hybridized carbons (Fsp3) is 0.200. The Morgan fingerprint density at radius 2 is 2.20 bits per heavy atom. The lowest BCUT2D eigenvalue weighted by molar-refractivity contribution is 0.354. The second kappa shape index (κ2) is 5.62. The summed E-state index contributed by atoms with van der Waals surface area (Å²) < 4.78 is 20.5. The van der Waals surface area contributed by atoms with Crippen LogP contribution in [-0.2, 0) is 13.0 Å². The third-order valence-electron chi connectivity index (χ3n) is 3.25. The molecule has 104 valence electrons. The smallest absolute Gasteiger partial charge is 0.164 e. The monoisotopic (exact) mass is 355 g/mol. The van der Waals surface area contributed by atoms with Gasteiger partial charge in [0.05, 0.1) is 17.3 Å². The first-order chi connectivity index (χ1) is 9.65. The van der Waals surface area contributed by atoms with Gasteiger partial charge in [0.1, 0.15) is 5.75 Å². The minimum absolute atomic E-state index is 0.116. The maximum absolute atomic E-state index is 13.8. The molecule has 5 heteroatoms. The SMILES string of the molecule is Fc1c(Cl)cccc1NCc1cc(Br)cc2c1OCC2. The number of rotatable bonds is 3. The highest BCUT2D eigenvalue weighted by Crippen LogP contribution is 2.33. The molecule has 2 nitrogen and oxygen atoms in total. The van der Waals surface area contributed by atoms with Crippen LogP contribution in [-0.4, -0.2) is 6.61 Å². The Labute approximate surface area is 130 Å². The summed E-state index contributed by atoms with van der Waals surface area (Å²) in [7, 11) is 0. The van der Waals surface area contributed by atoms with E-state index >= 15 is 0 Å². The zero-order valence-electron chi connectivity index (χ0n) is 10.6. The van der Waals surface area contributed by atoms with Crippen molar-refractivity contribution >= 4 is 33.2 Å². The largest absolute Gasteiger partial charge is 0.493 e. The van der Waals surface area contributed by atoms with Crippen LogP contribution in [0.1, 0.15) is 11.1 Å². The van der Waals surface area contributed by atoms with E-state index in [4.69, 9.17) is 16.3 Å². The topological polar surface area (TPSA) is 21.3 Å². The van der Waals surface area contributed by atoms with Crippen molar-refractivity contribution in [2.45, 2.75) is 13.0 Å². The Morgan fingerprint density at radius 3 is 3.05 bits per heavy atom. The first kappa shape index (κ1) is 13.7. The maximum atomic E-state index is 13.8. The average Bonchev–Trinajstić information content (AvgIpc) is 2.88. The van der Waals surface area contributed by atoms with Gasteiger partial charge in [-0.3, -0.25) is 0 Å². The molecular weight excluding hydrogens is 345 g/mol. The summed E-state index contributed by atoms with van der Waals surface area (Å²) in [5.41, 5.74) is 2.58. The van der Waals surface area contributed by atoms with Gasteiger partial charge in [0, 0.05) is 23.0 Å². The molecule has 3 rings (SSSR count). The summed E-state index contributed by atoms with van der Waals surface area (Å²) in [6.45, 7) is 1.18. The van der Waals surface area contributed by atoms with Crippen molar-refractivity contribution in [1.29, 1.82) is 0 Å². The van der Waals surface area contributed by atoms with E-state index in [1.807, 2.05) is 6.07 Å². The lowest BCUT2D eigenvalue weighted by atomic mass is 10.1. The van der Waals surface area contributed by atoms with Crippen molar-refractivity contribution in [3.05, 3.63) is 56.8 Å². The first-order valence-electron chi connectivity index (χ1n) is 6.27. The van der Waals surface area contributed by atoms with E-state index in [1.165, 1.54) is 11.6 Å². The average molecular weight is 357 g/mol. The summed E-state index contributed by atoms with van der Waals surface area (Å²) in [5.74, 6) is 0.477. The molecule has 2 aromatic rings. The lowest BCUT2D eigenvalue weighted by Crippen LogP contribution is -2.03. The molecule has 0 atom stereocenters. The molecule has 0 aromatic heterocycles. The molecule has 1 aliphatic rings. The van der Waals surface area contributed by atoms with E-state index in [0.29, 0.717) is 18.8 Å². The zero-order valence-corrected chi connectivity index (χ0v) is 12.9. The van der Waals surface area contributed by atoms with Crippen LogP contribution in [0.3, 0.4) is 0 Å². The second-order valence-electron chi connectivity index (χ2n) is 4.61. The number of hydrogen-bond acceptors (Lipinski definition) is 2. The molecule has 0 saturated carbocycles. The highest BCUT2D eigenvalue weighted by atomic mass is 79.9. The Balaban J connectivity index is 1.84. The molecule has 0 spiro atoms. The van der Waals surface area contributed by atoms with Crippen LogP contribution in [0, 0.1) is 5.82 Å². The van der Waals surface area contributed by atoms with Crippen molar-refractivity contribution < 1.29 is 9.13 Å². The fourth-order valence-electron chi connectivity index (χ4n) is 2.31. The van der Waals surface area contributed by atoms with Crippen LogP contribution < -0.4 is 10.1 Å². The van der Waals surface area contributed by atoms with E-state index < -0.39 is 5.82 Å². The number of nitrogens with one attached hydrogen (secondary N) is 1. The summed E-state index contributed by atoms with van der Waals surface area (Å²) in [6.07, 6.45) is 0.910. The van der Waals surface area contributed by atoms with Crippen LogP contribution in [0.2, 0.25) is 5.02 Å². The van der Waals surface area contributed by atoms with E-state index in [2.05, 4.69) is 27.3 Å². The Bertz CT molecular complexity index is 663. The summed E-state index contributed by atoms with van der Waals surface area (Å²) in [4.78, 5) is 0. The third kappa shape index (κ3) is 2.63.